The molecule has 0 bridgehead atoms. The number of ether oxygens (including phenoxy) is 4. The maximum atomic E-state index is 11.8. The van der Waals surface area contributed by atoms with Gasteiger partial charge in [0.15, 0.2) is 0 Å². The summed E-state index contributed by atoms with van der Waals surface area (Å²) in [5, 5.41) is 20.6. The van der Waals surface area contributed by atoms with Crippen LogP contribution in [0.3, 0.4) is 0 Å². The van der Waals surface area contributed by atoms with Crippen molar-refractivity contribution in [3.63, 3.8) is 0 Å². The zero-order valence-corrected chi connectivity index (χ0v) is 80.6. The van der Waals surface area contributed by atoms with Crippen molar-refractivity contribution in [1.82, 2.24) is 34.7 Å². The first-order chi connectivity index (χ1) is 61.8. The van der Waals surface area contributed by atoms with Crippen molar-refractivity contribution >= 4 is 35.8 Å². The molecular formula is C109H142N8O13. The highest BCUT2D eigenvalue weighted by Gasteiger charge is 2.28. The number of hydrogen-bond acceptors (Lipinski definition) is 20. The zero-order valence-electron chi connectivity index (χ0n) is 80.6. The van der Waals surface area contributed by atoms with Crippen molar-refractivity contribution < 1.29 is 63.0 Å². The molecule has 0 aliphatic carbocycles. The maximum Gasteiger partial charge on any atom is 0.359 e. The standard InChI is InChI=1S/2C15H19NO2.C14H17NO3.C14H17NO2.2C14H19N.C12H17NO2.C11H15NO2/c2*1-5-10-16(3)14(15(17)18-4)11-13-8-6-12(2)7-9-13;1-4-9-15(3)13(14(16)18-17)10-12-7-5-11(2)6-8-12;1-4-9-15(3)13(14(16)17)10-12-7-5-11(2)6-8-12;2*1-5-10-15(4)13(3)11-14-8-6-12(2)7-9-14;1-9-4-6-10(7-5-9)8-11(13-2)12(14)15-3;1-8-3-5-9(6-4-8)7-10(12)11(13)14-2/h2*1,6-9,14H,10-11H2,2-4H3;1,5-8,13,17H,9-10H2,2-3H3;1,5-8,13H,9-10H2,2-3H3,(H,16,17);2*1,6-9,13H,10-11H2,2-4H3;4-7,11,13H,8H2,1-3H3;3-6,10H,7,12H2,1-2H3. The molecule has 8 atom stereocenters. The van der Waals surface area contributed by atoms with E-state index in [0.717, 1.165) is 57.3 Å². The molecule has 0 radical (unpaired) electrons. The minimum absolute atomic E-state index is 0.224. The van der Waals surface area contributed by atoms with Gasteiger partial charge in [-0.05, 0) is 214 Å². The second kappa shape index (κ2) is 66.0. The number of carboxylic acid groups (broad SMARTS) is 1. The van der Waals surface area contributed by atoms with E-state index in [-0.39, 0.29) is 42.0 Å². The fraction of sp³-hybridized carbons (Fsp3) is 0.394. The molecule has 8 rings (SSSR count). The Morgan fingerprint density at radius 2 is 0.500 bits per heavy atom. The number of esters is 4. The van der Waals surface area contributed by atoms with Crippen molar-refractivity contribution in [2.24, 2.45) is 5.73 Å². The van der Waals surface area contributed by atoms with Gasteiger partial charge < -0.3 is 35.1 Å². The van der Waals surface area contributed by atoms with E-state index in [9.17, 15) is 33.9 Å². The third kappa shape index (κ3) is 48.1. The Hall–Kier alpha value is -12.4. The first-order valence-electron chi connectivity index (χ1n) is 42.9. The van der Waals surface area contributed by atoms with Crippen LogP contribution in [0.5, 0.6) is 0 Å². The molecule has 0 heterocycles. The van der Waals surface area contributed by atoms with E-state index in [1.54, 1.807) is 30.9 Å². The van der Waals surface area contributed by atoms with Crippen molar-refractivity contribution in [2.45, 2.75) is 169 Å². The first-order valence-corrected chi connectivity index (χ1v) is 42.9. The summed E-state index contributed by atoms with van der Waals surface area (Å²) in [7, 11) is 18.5. The van der Waals surface area contributed by atoms with Gasteiger partial charge >= 0.3 is 35.8 Å². The van der Waals surface area contributed by atoms with Crippen LogP contribution in [-0.4, -0.2) is 241 Å². The Bertz CT molecular complexity index is 4570. The lowest BCUT2D eigenvalue weighted by atomic mass is 10.0. The van der Waals surface area contributed by atoms with Crippen LogP contribution >= 0.6 is 0 Å². The van der Waals surface area contributed by atoms with Crippen LogP contribution in [0.15, 0.2) is 194 Å². The van der Waals surface area contributed by atoms with Crippen molar-refractivity contribution in [3.05, 3.63) is 283 Å². The molecule has 0 fully saturated rings. The molecule has 5 N–H and O–H groups in total. The molecule has 696 valence electrons. The minimum Gasteiger partial charge on any atom is -0.480 e. The molecule has 0 saturated heterocycles. The van der Waals surface area contributed by atoms with Crippen LogP contribution in [0, 0.1) is 129 Å². The number of methoxy groups -OCH3 is 4. The SMILES string of the molecule is C#CCN(C)C(C)Cc1ccc(C)cc1.C#CCN(C)C(C)Cc1ccc(C)cc1.C#CCN(C)C(Cc1ccc(C)cc1)C(=O)O.C#CCN(C)C(Cc1ccc(C)cc1)C(=O)OC.C#CCN(C)C(Cc1ccc(C)cc1)C(=O)OC.C#CCN(C)C(Cc1ccc(C)cc1)C(=O)OO.CNC(Cc1ccc(C)cc1)C(=O)OC.COC(=O)C(N)Cc1ccc(C)cc1. The summed E-state index contributed by atoms with van der Waals surface area (Å²) >= 11 is 0. The number of carboxylic acids is 1. The molecule has 0 aliphatic heterocycles. The average molecular weight is 1770 g/mol. The van der Waals surface area contributed by atoms with Gasteiger partial charge in [0.2, 0.25) is 0 Å². The Morgan fingerprint density at radius 3 is 0.708 bits per heavy atom. The Kier molecular flexibility index (Phi) is 58.7. The number of likely N-dealkylation sites (N-methyl/N-ethyl adjacent to an activating group) is 7. The summed E-state index contributed by atoms with van der Waals surface area (Å²) in [6.45, 7) is 23.7. The first kappa shape index (κ1) is 116. The fourth-order valence-corrected chi connectivity index (χ4v) is 12.5. The summed E-state index contributed by atoms with van der Waals surface area (Å²) in [5.41, 5.74) is 24.5. The summed E-state index contributed by atoms with van der Waals surface area (Å²) in [5.74, 6) is 12.7. The van der Waals surface area contributed by atoms with E-state index in [2.05, 4.69) is 151 Å². The van der Waals surface area contributed by atoms with Crippen LogP contribution in [0.1, 0.15) is 103 Å². The third-order valence-electron chi connectivity index (χ3n) is 21.2. The molecular weight excluding hydrogens is 1630 g/mol. The van der Waals surface area contributed by atoms with E-state index in [0.29, 0.717) is 89.9 Å². The highest BCUT2D eigenvalue weighted by molar-refractivity contribution is 5.78. The number of aryl methyl sites for hydroxylation is 8. The van der Waals surface area contributed by atoms with Gasteiger partial charge in [0, 0.05) is 12.1 Å². The van der Waals surface area contributed by atoms with Crippen LogP contribution in [0.2, 0.25) is 0 Å². The van der Waals surface area contributed by atoms with Gasteiger partial charge in [0.05, 0.1) is 67.7 Å². The molecule has 130 heavy (non-hydrogen) atoms. The number of hydrogen-bond donors (Lipinski definition) is 4. The number of aliphatic carboxylic acids is 1. The van der Waals surface area contributed by atoms with Gasteiger partial charge in [-0.1, -0.05) is 274 Å². The van der Waals surface area contributed by atoms with Gasteiger partial charge in [-0.25, -0.2) is 4.79 Å². The van der Waals surface area contributed by atoms with Crippen LogP contribution < -0.4 is 11.1 Å². The Morgan fingerprint density at radius 1 is 0.308 bits per heavy atom. The number of benzene rings is 8. The molecule has 0 aromatic heterocycles. The number of terminal acetylenes is 6. The van der Waals surface area contributed by atoms with E-state index < -0.39 is 30.1 Å². The highest BCUT2D eigenvalue weighted by Crippen LogP contribution is 2.18. The highest BCUT2D eigenvalue weighted by atomic mass is 17.1. The molecule has 8 aromatic rings. The lowest BCUT2D eigenvalue weighted by molar-refractivity contribution is -0.239. The third-order valence-corrected chi connectivity index (χ3v) is 21.2. The summed E-state index contributed by atoms with van der Waals surface area (Å²) in [6, 6.07) is 63.7. The average Bonchev–Trinajstić information content (AvgIpc) is 0.811. The van der Waals surface area contributed by atoms with Crippen LogP contribution in [-0.2, 0) is 104 Å². The summed E-state index contributed by atoms with van der Waals surface area (Å²) in [4.78, 5) is 83.8. The monoisotopic (exact) mass is 1770 g/mol. The zero-order chi connectivity index (χ0) is 97.8. The van der Waals surface area contributed by atoms with Crippen LogP contribution in [0.25, 0.3) is 0 Å². The molecule has 0 spiro atoms. The van der Waals surface area contributed by atoms with E-state index in [1.807, 2.05) is 211 Å². The second-order valence-corrected chi connectivity index (χ2v) is 32.3. The normalized spacial score (nSPS) is 12.1. The number of nitrogens with one attached hydrogen (secondary N) is 1. The molecule has 21 heteroatoms. The largest absolute Gasteiger partial charge is 0.480 e. The van der Waals surface area contributed by atoms with E-state index >= 15 is 0 Å². The minimum atomic E-state index is -0.844. The number of nitrogens with two attached hydrogens (primary N) is 1. The second-order valence-electron chi connectivity index (χ2n) is 32.3. The van der Waals surface area contributed by atoms with Crippen molar-refractivity contribution in [2.75, 3.05) is 117 Å². The van der Waals surface area contributed by atoms with E-state index in [1.165, 1.54) is 72.9 Å². The Balaban J connectivity index is 0.000000744. The van der Waals surface area contributed by atoms with Crippen molar-refractivity contribution in [3.8, 4) is 74.1 Å². The lowest BCUT2D eigenvalue weighted by Crippen LogP contribution is -2.41. The topological polar surface area (TPSA) is 247 Å². The molecule has 8 unspecified atom stereocenters. The predicted octanol–water partition coefficient (Wildman–Crippen LogP) is 13.6. The number of carbonyl (C=O) groups excluding carboxylic acids is 5. The van der Waals surface area contributed by atoms with Gasteiger partial charge in [0.25, 0.3) is 0 Å². The number of nitrogens with zero attached hydrogens (tertiary/aromatic N) is 6. The maximum absolute atomic E-state index is 11.8. The quantitative estimate of drug-likeness (QED) is 0.00948. The van der Waals surface area contributed by atoms with Crippen molar-refractivity contribution in [1.29, 1.82) is 0 Å². The van der Waals surface area contributed by atoms with Gasteiger partial charge in [-0.15, -0.1) is 38.5 Å². The number of rotatable bonds is 35. The summed E-state index contributed by atoms with van der Waals surface area (Å²) < 4.78 is 18.9. The van der Waals surface area contributed by atoms with E-state index in [4.69, 9.17) is 63.7 Å². The molecule has 8 aromatic carbocycles. The fourth-order valence-electron chi connectivity index (χ4n) is 12.5. The van der Waals surface area contributed by atoms with Gasteiger partial charge in [-0.3, -0.25) is 58.3 Å². The Labute approximate surface area is 778 Å². The lowest BCUT2D eigenvalue weighted by Gasteiger charge is -2.24. The summed E-state index contributed by atoms with van der Waals surface area (Å²) in [6.07, 6.45) is 36.9. The van der Waals surface area contributed by atoms with Gasteiger partial charge in [0.1, 0.15) is 36.3 Å². The smallest absolute Gasteiger partial charge is 0.359 e. The molecule has 0 aliphatic rings. The molecule has 0 amide bonds. The van der Waals surface area contributed by atoms with Gasteiger partial charge in [-0.2, -0.15) is 5.26 Å². The predicted molar refractivity (Wildman–Crippen MR) is 527 cm³/mol. The molecule has 0 saturated carbocycles. The van der Waals surface area contributed by atoms with Crippen LogP contribution in [0.4, 0.5) is 0 Å². The number of carbonyl (C=O) groups is 6. The molecule has 21 nitrogen and oxygen atoms in total.